The van der Waals surface area contributed by atoms with Crippen molar-refractivity contribution in [3.63, 3.8) is 0 Å². The van der Waals surface area contributed by atoms with E-state index in [1.165, 1.54) is 17.1 Å². The molecule has 0 bridgehead atoms. The minimum atomic E-state index is 0.389. The Kier molecular flexibility index (Phi) is 5.26. The predicted octanol–water partition coefficient (Wildman–Crippen LogP) is 3.30. The summed E-state index contributed by atoms with van der Waals surface area (Å²) < 4.78 is 5.52. The molecule has 2 nitrogen and oxygen atoms in total. The Bertz CT molecular complexity index is 296. The van der Waals surface area contributed by atoms with Crippen molar-refractivity contribution in [3.8, 4) is 0 Å². The highest BCUT2D eigenvalue weighted by atomic mass is 32.2. The second-order valence-corrected chi connectivity index (χ2v) is 5.14. The summed E-state index contributed by atoms with van der Waals surface area (Å²) in [5.74, 6) is 4.41. The van der Waals surface area contributed by atoms with E-state index in [0.717, 1.165) is 18.1 Å². The van der Waals surface area contributed by atoms with Crippen LogP contribution in [-0.4, -0.2) is 18.1 Å². The van der Waals surface area contributed by atoms with Crippen molar-refractivity contribution in [2.45, 2.75) is 33.7 Å². The van der Waals surface area contributed by atoms with E-state index in [2.05, 4.69) is 25.2 Å². The second-order valence-electron chi connectivity index (χ2n) is 3.74. The molecule has 3 heteroatoms. The molecule has 0 aliphatic heterocycles. The third kappa shape index (κ3) is 3.92. The van der Waals surface area contributed by atoms with E-state index in [1.54, 1.807) is 0 Å². The number of rotatable bonds is 6. The summed E-state index contributed by atoms with van der Waals surface area (Å²) in [5, 5.41) is 3.51. The van der Waals surface area contributed by atoms with Crippen LogP contribution in [0.2, 0.25) is 0 Å². The molecule has 0 amide bonds. The fourth-order valence-corrected chi connectivity index (χ4v) is 2.23. The zero-order valence-corrected chi connectivity index (χ0v) is 10.9. The lowest BCUT2D eigenvalue weighted by Crippen LogP contribution is -2.21. The van der Waals surface area contributed by atoms with Gasteiger partial charge in [-0.1, -0.05) is 6.92 Å². The highest BCUT2D eigenvalue weighted by Crippen LogP contribution is 2.20. The molecule has 1 aromatic heterocycles. The van der Waals surface area contributed by atoms with Crippen molar-refractivity contribution >= 4 is 11.8 Å². The number of hydrogen-bond acceptors (Lipinski definition) is 3. The Morgan fingerprint density at radius 3 is 2.73 bits per heavy atom. The minimum absolute atomic E-state index is 0.389. The summed E-state index contributed by atoms with van der Waals surface area (Å²) in [5.41, 5.74) is 1.29. The second kappa shape index (κ2) is 6.23. The lowest BCUT2D eigenvalue weighted by atomic mass is 10.1. The average molecular weight is 227 g/mol. The Labute approximate surface area is 96.8 Å². The largest absolute Gasteiger partial charge is 0.466 e. The number of aryl methyl sites for hydroxylation is 2. The normalized spacial score (nSPS) is 13.1. The van der Waals surface area contributed by atoms with Crippen molar-refractivity contribution in [3.05, 3.63) is 23.2 Å². The van der Waals surface area contributed by atoms with Gasteiger partial charge in [0.05, 0.1) is 0 Å². The standard InChI is InChI=1S/C12H21NOS/c1-5-15-7-6-13-10(3)12-8-9(2)14-11(12)4/h8,10,13H,5-7H2,1-4H3. The summed E-state index contributed by atoms with van der Waals surface area (Å²) in [7, 11) is 0. The maximum atomic E-state index is 5.52. The Morgan fingerprint density at radius 1 is 1.47 bits per heavy atom. The molecule has 0 radical (unpaired) electrons. The average Bonchev–Trinajstić information content (AvgIpc) is 2.52. The van der Waals surface area contributed by atoms with Crippen LogP contribution in [-0.2, 0) is 0 Å². The summed E-state index contributed by atoms with van der Waals surface area (Å²) >= 11 is 1.97. The highest BCUT2D eigenvalue weighted by Gasteiger charge is 2.11. The SMILES string of the molecule is CCSCCNC(C)c1cc(C)oc1C. The van der Waals surface area contributed by atoms with Gasteiger partial charge in [0.15, 0.2) is 0 Å². The van der Waals surface area contributed by atoms with Gasteiger partial charge in [0, 0.05) is 23.9 Å². The molecule has 0 saturated heterocycles. The van der Waals surface area contributed by atoms with Crippen molar-refractivity contribution in [1.29, 1.82) is 0 Å². The van der Waals surface area contributed by atoms with Gasteiger partial charge < -0.3 is 9.73 Å². The third-order valence-electron chi connectivity index (χ3n) is 2.45. The van der Waals surface area contributed by atoms with Crippen LogP contribution in [0.15, 0.2) is 10.5 Å². The summed E-state index contributed by atoms with van der Waals surface area (Å²) in [6.45, 7) is 9.46. The number of nitrogens with one attached hydrogen (secondary N) is 1. The molecule has 0 spiro atoms. The number of furan rings is 1. The van der Waals surface area contributed by atoms with Crippen LogP contribution in [0.3, 0.4) is 0 Å². The first kappa shape index (κ1) is 12.7. The lowest BCUT2D eigenvalue weighted by molar-refractivity contribution is 0.492. The van der Waals surface area contributed by atoms with Gasteiger partial charge in [-0.15, -0.1) is 0 Å². The van der Waals surface area contributed by atoms with Crippen LogP contribution in [0.4, 0.5) is 0 Å². The predicted molar refractivity (Wildman–Crippen MR) is 67.6 cm³/mol. The van der Waals surface area contributed by atoms with Crippen LogP contribution < -0.4 is 5.32 Å². The van der Waals surface area contributed by atoms with E-state index in [-0.39, 0.29) is 0 Å². The van der Waals surface area contributed by atoms with Crippen LogP contribution in [0.25, 0.3) is 0 Å². The summed E-state index contributed by atoms with van der Waals surface area (Å²) in [4.78, 5) is 0. The monoisotopic (exact) mass is 227 g/mol. The zero-order valence-electron chi connectivity index (χ0n) is 10.1. The molecule has 15 heavy (non-hydrogen) atoms. The van der Waals surface area contributed by atoms with Gasteiger partial charge in [0.2, 0.25) is 0 Å². The van der Waals surface area contributed by atoms with Gasteiger partial charge in [0.1, 0.15) is 11.5 Å². The van der Waals surface area contributed by atoms with E-state index < -0.39 is 0 Å². The fraction of sp³-hybridized carbons (Fsp3) is 0.667. The molecule has 1 atom stereocenters. The third-order valence-corrected chi connectivity index (χ3v) is 3.35. The van der Waals surface area contributed by atoms with Crippen LogP contribution >= 0.6 is 11.8 Å². The van der Waals surface area contributed by atoms with Crippen LogP contribution in [0.5, 0.6) is 0 Å². The molecule has 1 rings (SSSR count). The van der Waals surface area contributed by atoms with E-state index in [4.69, 9.17) is 4.42 Å². The van der Waals surface area contributed by atoms with E-state index in [1.807, 2.05) is 25.6 Å². The van der Waals surface area contributed by atoms with Gasteiger partial charge in [-0.25, -0.2) is 0 Å². The maximum absolute atomic E-state index is 5.52. The quantitative estimate of drug-likeness (QED) is 0.755. The fourth-order valence-electron chi connectivity index (χ4n) is 1.68. The van der Waals surface area contributed by atoms with E-state index in [9.17, 15) is 0 Å². The number of hydrogen-bond donors (Lipinski definition) is 1. The summed E-state index contributed by atoms with van der Waals surface area (Å²) in [6, 6.07) is 2.51. The molecule has 1 heterocycles. The van der Waals surface area contributed by atoms with Crippen LogP contribution in [0.1, 0.15) is 37.0 Å². The molecule has 0 aliphatic rings. The molecule has 0 aliphatic carbocycles. The summed E-state index contributed by atoms with van der Waals surface area (Å²) in [6.07, 6.45) is 0. The zero-order chi connectivity index (χ0) is 11.3. The van der Waals surface area contributed by atoms with Gasteiger partial charge in [-0.2, -0.15) is 11.8 Å². The van der Waals surface area contributed by atoms with Gasteiger partial charge in [0.25, 0.3) is 0 Å². The first-order valence-electron chi connectivity index (χ1n) is 5.53. The van der Waals surface area contributed by atoms with Crippen molar-refractivity contribution in [2.24, 2.45) is 0 Å². The first-order valence-corrected chi connectivity index (χ1v) is 6.68. The maximum Gasteiger partial charge on any atom is 0.105 e. The highest BCUT2D eigenvalue weighted by molar-refractivity contribution is 7.99. The topological polar surface area (TPSA) is 25.2 Å². The molecule has 0 aromatic carbocycles. The Hall–Kier alpha value is -0.410. The van der Waals surface area contributed by atoms with E-state index in [0.29, 0.717) is 6.04 Å². The van der Waals surface area contributed by atoms with E-state index >= 15 is 0 Å². The van der Waals surface area contributed by atoms with Crippen molar-refractivity contribution in [1.82, 2.24) is 5.32 Å². The molecule has 86 valence electrons. The molecular formula is C12H21NOS. The van der Waals surface area contributed by atoms with Gasteiger partial charge in [-0.3, -0.25) is 0 Å². The molecule has 0 fully saturated rings. The number of thioether (sulfide) groups is 1. The molecule has 0 saturated carbocycles. The van der Waals surface area contributed by atoms with Gasteiger partial charge in [-0.05, 0) is 32.6 Å². The minimum Gasteiger partial charge on any atom is -0.466 e. The Balaban J connectivity index is 2.39. The Morgan fingerprint density at radius 2 is 2.20 bits per heavy atom. The van der Waals surface area contributed by atoms with Crippen molar-refractivity contribution in [2.75, 3.05) is 18.1 Å². The molecule has 1 unspecified atom stereocenters. The lowest BCUT2D eigenvalue weighted by Gasteiger charge is -2.12. The molecular weight excluding hydrogens is 206 g/mol. The molecule has 1 N–H and O–H groups in total. The van der Waals surface area contributed by atoms with Crippen LogP contribution in [0, 0.1) is 13.8 Å². The smallest absolute Gasteiger partial charge is 0.105 e. The van der Waals surface area contributed by atoms with Crippen molar-refractivity contribution < 1.29 is 4.42 Å². The van der Waals surface area contributed by atoms with Gasteiger partial charge >= 0.3 is 0 Å². The first-order chi connectivity index (χ1) is 7.15. The molecule has 1 aromatic rings.